The third-order valence-corrected chi connectivity index (χ3v) is 2.89. The SMILES string of the molecule is COCCN(C)C(=O)C1CCCC1N. The van der Waals surface area contributed by atoms with Gasteiger partial charge in [-0.15, -0.1) is 0 Å². The zero-order valence-corrected chi connectivity index (χ0v) is 9.03. The van der Waals surface area contributed by atoms with E-state index < -0.39 is 0 Å². The summed E-state index contributed by atoms with van der Waals surface area (Å²) < 4.78 is 4.93. The van der Waals surface area contributed by atoms with Crippen LogP contribution in [0.3, 0.4) is 0 Å². The summed E-state index contributed by atoms with van der Waals surface area (Å²) in [5, 5.41) is 0. The predicted molar refractivity (Wildman–Crippen MR) is 54.8 cm³/mol. The molecule has 2 atom stereocenters. The Morgan fingerprint density at radius 1 is 1.57 bits per heavy atom. The molecule has 0 spiro atoms. The van der Waals surface area contributed by atoms with Crippen LogP contribution >= 0.6 is 0 Å². The van der Waals surface area contributed by atoms with Crippen molar-refractivity contribution >= 4 is 5.91 Å². The number of nitrogens with zero attached hydrogens (tertiary/aromatic N) is 1. The minimum Gasteiger partial charge on any atom is -0.383 e. The van der Waals surface area contributed by atoms with Gasteiger partial charge in [0.2, 0.25) is 5.91 Å². The van der Waals surface area contributed by atoms with E-state index in [0.29, 0.717) is 13.2 Å². The molecule has 0 aliphatic heterocycles. The van der Waals surface area contributed by atoms with Crippen LogP contribution in [0.15, 0.2) is 0 Å². The van der Waals surface area contributed by atoms with Crippen LogP contribution in [0, 0.1) is 5.92 Å². The molecule has 2 N–H and O–H groups in total. The van der Waals surface area contributed by atoms with E-state index in [1.54, 1.807) is 12.0 Å². The molecule has 1 fully saturated rings. The number of likely N-dealkylation sites (N-methyl/N-ethyl adjacent to an activating group) is 1. The van der Waals surface area contributed by atoms with Gasteiger partial charge in [0.1, 0.15) is 0 Å². The van der Waals surface area contributed by atoms with Crippen molar-refractivity contribution in [1.82, 2.24) is 4.90 Å². The highest BCUT2D eigenvalue weighted by Crippen LogP contribution is 2.25. The number of rotatable bonds is 4. The molecule has 1 aliphatic carbocycles. The molecular weight excluding hydrogens is 180 g/mol. The van der Waals surface area contributed by atoms with E-state index in [-0.39, 0.29) is 17.9 Å². The standard InChI is InChI=1S/C10H20N2O2/c1-12(6-7-14-2)10(13)8-4-3-5-9(8)11/h8-9H,3-7,11H2,1-2H3. The fraction of sp³-hybridized carbons (Fsp3) is 0.900. The molecule has 14 heavy (non-hydrogen) atoms. The first kappa shape index (κ1) is 11.5. The van der Waals surface area contributed by atoms with E-state index in [2.05, 4.69) is 0 Å². The summed E-state index contributed by atoms with van der Waals surface area (Å²) in [6, 6.07) is 0.0625. The van der Waals surface area contributed by atoms with Gasteiger partial charge >= 0.3 is 0 Å². The van der Waals surface area contributed by atoms with Crippen LogP contribution in [0.4, 0.5) is 0 Å². The van der Waals surface area contributed by atoms with Gasteiger partial charge in [0.15, 0.2) is 0 Å². The van der Waals surface area contributed by atoms with Crippen molar-refractivity contribution in [2.24, 2.45) is 11.7 Å². The highest BCUT2D eigenvalue weighted by molar-refractivity contribution is 5.79. The van der Waals surface area contributed by atoms with E-state index >= 15 is 0 Å². The largest absolute Gasteiger partial charge is 0.383 e. The van der Waals surface area contributed by atoms with Gasteiger partial charge in [-0.1, -0.05) is 6.42 Å². The fourth-order valence-electron chi connectivity index (χ4n) is 1.92. The van der Waals surface area contributed by atoms with E-state index in [9.17, 15) is 4.79 Å². The highest BCUT2D eigenvalue weighted by Gasteiger charge is 2.31. The van der Waals surface area contributed by atoms with Gasteiger partial charge in [-0.2, -0.15) is 0 Å². The minimum absolute atomic E-state index is 0.0388. The van der Waals surface area contributed by atoms with Crippen LogP contribution in [0.5, 0.6) is 0 Å². The summed E-state index contributed by atoms with van der Waals surface area (Å²) in [7, 11) is 3.45. The summed E-state index contributed by atoms with van der Waals surface area (Å²) in [6.07, 6.45) is 3.00. The van der Waals surface area contributed by atoms with Crippen LogP contribution in [0.25, 0.3) is 0 Å². The molecule has 0 aromatic carbocycles. The number of amides is 1. The third kappa shape index (κ3) is 2.69. The fourth-order valence-corrected chi connectivity index (χ4v) is 1.92. The second-order valence-electron chi connectivity index (χ2n) is 3.95. The molecule has 4 nitrogen and oxygen atoms in total. The van der Waals surface area contributed by atoms with E-state index in [4.69, 9.17) is 10.5 Å². The Balaban J connectivity index is 2.39. The molecule has 4 heteroatoms. The maximum absolute atomic E-state index is 11.9. The Kier molecular flexibility index (Phi) is 4.35. The molecule has 0 bridgehead atoms. The lowest BCUT2D eigenvalue weighted by atomic mass is 10.0. The van der Waals surface area contributed by atoms with Crippen molar-refractivity contribution in [3.05, 3.63) is 0 Å². The van der Waals surface area contributed by atoms with Crippen LogP contribution in [0.1, 0.15) is 19.3 Å². The molecular formula is C10H20N2O2. The second-order valence-corrected chi connectivity index (χ2v) is 3.95. The van der Waals surface area contributed by atoms with Gasteiger partial charge in [-0.3, -0.25) is 4.79 Å². The molecule has 1 rings (SSSR count). The second kappa shape index (κ2) is 5.32. The maximum Gasteiger partial charge on any atom is 0.227 e. The summed E-state index contributed by atoms with van der Waals surface area (Å²) in [5.41, 5.74) is 5.87. The molecule has 1 amide bonds. The van der Waals surface area contributed by atoms with Crippen molar-refractivity contribution in [3.8, 4) is 0 Å². The Morgan fingerprint density at radius 3 is 2.79 bits per heavy atom. The van der Waals surface area contributed by atoms with E-state index in [0.717, 1.165) is 19.3 Å². The van der Waals surface area contributed by atoms with Gasteiger partial charge in [0, 0.05) is 26.7 Å². The zero-order valence-electron chi connectivity index (χ0n) is 9.03. The van der Waals surface area contributed by atoms with Gasteiger partial charge in [0.25, 0.3) is 0 Å². The molecule has 1 saturated carbocycles. The highest BCUT2D eigenvalue weighted by atomic mass is 16.5. The van der Waals surface area contributed by atoms with Crippen molar-refractivity contribution < 1.29 is 9.53 Å². The molecule has 0 aromatic heterocycles. The number of hydrogen-bond acceptors (Lipinski definition) is 3. The van der Waals surface area contributed by atoms with Crippen LogP contribution in [-0.2, 0) is 9.53 Å². The average Bonchev–Trinajstić information content (AvgIpc) is 2.59. The monoisotopic (exact) mass is 200 g/mol. The van der Waals surface area contributed by atoms with Crippen LogP contribution in [0.2, 0.25) is 0 Å². The summed E-state index contributed by atoms with van der Waals surface area (Å²) >= 11 is 0. The molecule has 0 aromatic rings. The first-order valence-corrected chi connectivity index (χ1v) is 5.16. The Hall–Kier alpha value is -0.610. The lowest BCUT2D eigenvalue weighted by molar-refractivity contribution is -0.134. The number of ether oxygens (including phenoxy) is 1. The van der Waals surface area contributed by atoms with Crippen molar-refractivity contribution in [2.75, 3.05) is 27.3 Å². The topological polar surface area (TPSA) is 55.6 Å². The first-order valence-electron chi connectivity index (χ1n) is 5.16. The van der Waals surface area contributed by atoms with E-state index in [1.165, 1.54) is 0 Å². The number of carbonyl (C=O) groups is 1. The van der Waals surface area contributed by atoms with Gasteiger partial charge in [0.05, 0.1) is 12.5 Å². The number of methoxy groups -OCH3 is 1. The van der Waals surface area contributed by atoms with E-state index in [1.807, 2.05) is 7.05 Å². The lowest BCUT2D eigenvalue weighted by Crippen LogP contribution is -2.40. The predicted octanol–water partition coefficient (Wildman–Crippen LogP) is 0.219. The average molecular weight is 200 g/mol. The van der Waals surface area contributed by atoms with Gasteiger partial charge in [-0.25, -0.2) is 0 Å². The Morgan fingerprint density at radius 2 is 2.29 bits per heavy atom. The summed E-state index contributed by atoms with van der Waals surface area (Å²) in [4.78, 5) is 13.6. The molecule has 1 aliphatic rings. The molecule has 2 unspecified atom stereocenters. The smallest absolute Gasteiger partial charge is 0.227 e. The summed E-state index contributed by atoms with van der Waals surface area (Å²) in [5.74, 6) is 0.212. The van der Waals surface area contributed by atoms with Gasteiger partial charge in [-0.05, 0) is 12.8 Å². The summed E-state index contributed by atoms with van der Waals surface area (Å²) in [6.45, 7) is 1.24. The molecule has 0 heterocycles. The quantitative estimate of drug-likeness (QED) is 0.706. The number of nitrogens with two attached hydrogens (primary N) is 1. The number of hydrogen-bond donors (Lipinski definition) is 1. The van der Waals surface area contributed by atoms with Crippen molar-refractivity contribution in [3.63, 3.8) is 0 Å². The third-order valence-electron chi connectivity index (χ3n) is 2.89. The van der Waals surface area contributed by atoms with Crippen molar-refractivity contribution in [2.45, 2.75) is 25.3 Å². The molecule has 0 saturated heterocycles. The van der Waals surface area contributed by atoms with Gasteiger partial charge < -0.3 is 15.4 Å². The van der Waals surface area contributed by atoms with Crippen LogP contribution in [-0.4, -0.2) is 44.2 Å². The zero-order chi connectivity index (χ0) is 10.6. The maximum atomic E-state index is 11.9. The first-order chi connectivity index (χ1) is 6.66. The molecule has 0 radical (unpaired) electrons. The normalized spacial score (nSPS) is 26.5. The Labute approximate surface area is 85.4 Å². The minimum atomic E-state index is 0.0388. The number of carbonyl (C=O) groups excluding carboxylic acids is 1. The lowest BCUT2D eigenvalue weighted by Gasteiger charge is -2.22. The molecule has 82 valence electrons. The van der Waals surface area contributed by atoms with Crippen LogP contribution < -0.4 is 5.73 Å². The van der Waals surface area contributed by atoms with Crippen molar-refractivity contribution in [1.29, 1.82) is 0 Å². The Bertz CT molecular complexity index is 197.